The van der Waals surface area contributed by atoms with Crippen LogP contribution in [-0.4, -0.2) is 14.2 Å². The maximum absolute atomic E-state index is 5.05. The van der Waals surface area contributed by atoms with Crippen molar-refractivity contribution in [3.63, 3.8) is 0 Å². The van der Waals surface area contributed by atoms with Gasteiger partial charge >= 0.3 is 0 Å². The Labute approximate surface area is 80.5 Å². The molecule has 2 heteroatoms. The number of benzene rings is 1. The van der Waals surface area contributed by atoms with Crippen molar-refractivity contribution in [3.8, 4) is 5.75 Å². The summed E-state index contributed by atoms with van der Waals surface area (Å²) in [6.45, 7) is 4.64. The van der Waals surface area contributed by atoms with Crippen molar-refractivity contribution in [2.75, 3.05) is 14.2 Å². The summed E-state index contributed by atoms with van der Waals surface area (Å²) in [7, 11) is 3.34. The monoisotopic (exact) mass is 182 g/mol. The second-order valence-electron chi connectivity index (χ2n) is 2.28. The van der Waals surface area contributed by atoms with Gasteiger partial charge in [-0.1, -0.05) is 26.0 Å². The summed E-state index contributed by atoms with van der Waals surface area (Å²) in [6.07, 6.45) is 0. The van der Waals surface area contributed by atoms with Gasteiger partial charge in [-0.25, -0.2) is 0 Å². The van der Waals surface area contributed by atoms with Gasteiger partial charge in [0.2, 0.25) is 0 Å². The topological polar surface area (TPSA) is 18.5 Å². The minimum absolute atomic E-state index is 0.636. The summed E-state index contributed by atoms with van der Waals surface area (Å²) in [4.78, 5) is 0. The highest BCUT2D eigenvalue weighted by Crippen LogP contribution is 2.12. The average molecular weight is 182 g/mol. The van der Waals surface area contributed by atoms with Crippen molar-refractivity contribution in [1.82, 2.24) is 0 Å². The Morgan fingerprint density at radius 2 is 1.85 bits per heavy atom. The highest BCUT2D eigenvalue weighted by Gasteiger charge is 1.93. The van der Waals surface area contributed by atoms with Crippen LogP contribution in [0.15, 0.2) is 24.3 Å². The Morgan fingerprint density at radius 3 is 2.38 bits per heavy atom. The second kappa shape index (κ2) is 7.62. The number of ether oxygens (including phenoxy) is 2. The first kappa shape index (κ1) is 12.0. The molecule has 0 aliphatic heterocycles. The molecule has 0 aliphatic carbocycles. The molecule has 1 rings (SSSR count). The Balaban J connectivity index is 0.000000671. The van der Waals surface area contributed by atoms with E-state index >= 15 is 0 Å². The largest absolute Gasteiger partial charge is 0.497 e. The molecule has 1 aromatic rings. The highest BCUT2D eigenvalue weighted by atomic mass is 16.5. The van der Waals surface area contributed by atoms with Crippen molar-refractivity contribution < 1.29 is 9.47 Å². The van der Waals surface area contributed by atoms with Crippen molar-refractivity contribution in [2.24, 2.45) is 0 Å². The van der Waals surface area contributed by atoms with Crippen LogP contribution in [0, 0.1) is 0 Å². The van der Waals surface area contributed by atoms with Gasteiger partial charge < -0.3 is 9.47 Å². The molecule has 0 N–H and O–H groups in total. The summed E-state index contributed by atoms with van der Waals surface area (Å²) in [5.74, 6) is 0.875. The van der Waals surface area contributed by atoms with Crippen LogP contribution in [0.1, 0.15) is 19.4 Å². The van der Waals surface area contributed by atoms with Gasteiger partial charge in [0.05, 0.1) is 13.7 Å². The molecule has 2 nitrogen and oxygen atoms in total. The maximum Gasteiger partial charge on any atom is 0.119 e. The van der Waals surface area contributed by atoms with Crippen LogP contribution in [0.25, 0.3) is 0 Å². The summed E-state index contributed by atoms with van der Waals surface area (Å²) >= 11 is 0. The Bertz CT molecular complexity index is 221. The number of hydrogen-bond acceptors (Lipinski definition) is 2. The molecule has 74 valence electrons. The van der Waals surface area contributed by atoms with Crippen LogP contribution < -0.4 is 4.74 Å². The molecule has 0 spiro atoms. The third kappa shape index (κ3) is 4.53. The van der Waals surface area contributed by atoms with Gasteiger partial charge in [0.15, 0.2) is 0 Å². The van der Waals surface area contributed by atoms with Crippen LogP contribution in [0.4, 0.5) is 0 Å². The van der Waals surface area contributed by atoms with E-state index in [0.29, 0.717) is 6.61 Å². The number of hydrogen-bond donors (Lipinski definition) is 0. The Morgan fingerprint density at radius 1 is 1.15 bits per heavy atom. The molecule has 0 saturated carbocycles. The summed E-state index contributed by atoms with van der Waals surface area (Å²) < 4.78 is 10.0. The Kier molecular flexibility index (Phi) is 7.02. The molecule has 0 heterocycles. The van der Waals surface area contributed by atoms with Crippen LogP contribution in [-0.2, 0) is 11.3 Å². The molecule has 0 atom stereocenters. The molecule has 1 aromatic carbocycles. The molecule has 13 heavy (non-hydrogen) atoms. The standard InChI is InChI=1S/C9H12O2.C2H6/c1-10-7-8-4-3-5-9(6-8)11-2;1-2/h3-6H,7H2,1-2H3;1-2H3. The fraction of sp³-hybridized carbons (Fsp3) is 0.455. The normalized spacial score (nSPS) is 8.62. The second-order valence-corrected chi connectivity index (χ2v) is 2.28. The van der Waals surface area contributed by atoms with Gasteiger partial charge in [-0.2, -0.15) is 0 Å². The summed E-state index contributed by atoms with van der Waals surface area (Å²) in [6, 6.07) is 7.84. The van der Waals surface area contributed by atoms with Gasteiger partial charge in [-0.05, 0) is 17.7 Å². The van der Waals surface area contributed by atoms with E-state index in [-0.39, 0.29) is 0 Å². The van der Waals surface area contributed by atoms with Crippen LogP contribution in [0.3, 0.4) is 0 Å². The third-order valence-electron chi connectivity index (χ3n) is 1.45. The fourth-order valence-electron chi connectivity index (χ4n) is 0.929. The first-order chi connectivity index (χ1) is 6.36. The van der Waals surface area contributed by atoms with E-state index in [0.717, 1.165) is 11.3 Å². The van der Waals surface area contributed by atoms with Gasteiger partial charge in [0.25, 0.3) is 0 Å². The predicted molar refractivity (Wildman–Crippen MR) is 55.1 cm³/mol. The fourth-order valence-corrected chi connectivity index (χ4v) is 0.929. The summed E-state index contributed by atoms with van der Waals surface area (Å²) in [5, 5.41) is 0. The zero-order chi connectivity index (χ0) is 10.1. The van der Waals surface area contributed by atoms with E-state index in [1.807, 2.05) is 38.1 Å². The van der Waals surface area contributed by atoms with E-state index < -0.39 is 0 Å². The molecule has 0 amide bonds. The lowest BCUT2D eigenvalue weighted by Crippen LogP contribution is -1.88. The SMILES string of the molecule is CC.COCc1cccc(OC)c1. The smallest absolute Gasteiger partial charge is 0.119 e. The first-order valence-corrected chi connectivity index (χ1v) is 4.48. The molecule has 0 aliphatic rings. The lowest BCUT2D eigenvalue weighted by Gasteiger charge is -2.02. The number of methoxy groups -OCH3 is 2. The van der Waals surface area contributed by atoms with Crippen molar-refractivity contribution in [1.29, 1.82) is 0 Å². The van der Waals surface area contributed by atoms with E-state index in [2.05, 4.69) is 0 Å². The van der Waals surface area contributed by atoms with Crippen LogP contribution in [0.5, 0.6) is 5.75 Å². The van der Waals surface area contributed by atoms with E-state index in [9.17, 15) is 0 Å². The third-order valence-corrected chi connectivity index (χ3v) is 1.45. The quantitative estimate of drug-likeness (QED) is 0.715. The molecule has 0 bridgehead atoms. The Hall–Kier alpha value is -1.02. The average Bonchev–Trinajstić information content (AvgIpc) is 2.22. The van der Waals surface area contributed by atoms with E-state index in [4.69, 9.17) is 9.47 Å². The summed E-state index contributed by atoms with van der Waals surface area (Å²) in [5.41, 5.74) is 1.13. The molecule has 0 aromatic heterocycles. The van der Waals surface area contributed by atoms with E-state index in [1.54, 1.807) is 14.2 Å². The van der Waals surface area contributed by atoms with Gasteiger partial charge in [0.1, 0.15) is 5.75 Å². The van der Waals surface area contributed by atoms with Crippen molar-refractivity contribution in [2.45, 2.75) is 20.5 Å². The lowest BCUT2D eigenvalue weighted by molar-refractivity contribution is 0.184. The maximum atomic E-state index is 5.05. The minimum Gasteiger partial charge on any atom is -0.497 e. The minimum atomic E-state index is 0.636. The predicted octanol–water partition coefficient (Wildman–Crippen LogP) is 2.87. The molecular formula is C11H18O2. The highest BCUT2D eigenvalue weighted by molar-refractivity contribution is 5.27. The van der Waals surface area contributed by atoms with Crippen LogP contribution >= 0.6 is 0 Å². The number of rotatable bonds is 3. The molecule has 0 saturated heterocycles. The van der Waals surface area contributed by atoms with Crippen molar-refractivity contribution in [3.05, 3.63) is 29.8 Å². The van der Waals surface area contributed by atoms with Crippen LogP contribution in [0.2, 0.25) is 0 Å². The zero-order valence-corrected chi connectivity index (χ0v) is 8.83. The molecule has 0 fully saturated rings. The van der Waals surface area contributed by atoms with E-state index in [1.165, 1.54) is 0 Å². The zero-order valence-electron chi connectivity index (χ0n) is 8.83. The lowest BCUT2D eigenvalue weighted by atomic mass is 10.2. The first-order valence-electron chi connectivity index (χ1n) is 4.48. The van der Waals surface area contributed by atoms with Crippen molar-refractivity contribution >= 4 is 0 Å². The molecule has 0 radical (unpaired) electrons. The van der Waals surface area contributed by atoms with Gasteiger partial charge in [0, 0.05) is 7.11 Å². The van der Waals surface area contributed by atoms with Gasteiger partial charge in [-0.15, -0.1) is 0 Å². The van der Waals surface area contributed by atoms with Gasteiger partial charge in [-0.3, -0.25) is 0 Å². The molecule has 0 unspecified atom stereocenters. The molecular weight excluding hydrogens is 164 g/mol.